The number of carbonyl (C=O) groups is 1. The number of quaternary nitrogens is 1. The van der Waals surface area contributed by atoms with Crippen LogP contribution in [0, 0.1) is 0 Å². The van der Waals surface area contributed by atoms with Gasteiger partial charge in [-0.2, -0.15) is 0 Å². The summed E-state index contributed by atoms with van der Waals surface area (Å²) >= 11 is 0. The monoisotopic (exact) mass is 333 g/mol. The van der Waals surface area contributed by atoms with Crippen molar-refractivity contribution < 1.29 is 33.3 Å². The topological polar surface area (TPSA) is 17.1 Å². The van der Waals surface area contributed by atoms with Crippen molar-refractivity contribution >= 4 is 5.78 Å². The number of benzene rings is 1. The molecule has 0 heterocycles. The second-order valence-corrected chi connectivity index (χ2v) is 4.20. The lowest BCUT2D eigenvalue weighted by Gasteiger charge is -2.31. The van der Waals surface area contributed by atoms with Crippen LogP contribution in [0.5, 0.6) is 0 Å². The van der Waals surface area contributed by atoms with Crippen molar-refractivity contribution in [2.24, 2.45) is 0 Å². The summed E-state index contributed by atoms with van der Waals surface area (Å²) in [6, 6.07) is 9.53. The molecule has 0 N–H and O–H groups in total. The number of hydrogen-bond acceptors (Lipinski definition) is 1. The number of carbonyl (C=O) groups excluding carboxylic acids is 1. The molecular formula is C13H20INO. The van der Waals surface area contributed by atoms with E-state index >= 15 is 0 Å². The maximum absolute atomic E-state index is 12.0. The van der Waals surface area contributed by atoms with E-state index in [-0.39, 0.29) is 29.8 Å². The molecule has 0 bridgehead atoms. The Labute approximate surface area is 115 Å². The zero-order valence-corrected chi connectivity index (χ0v) is 12.4. The Morgan fingerprint density at radius 3 is 2.06 bits per heavy atom. The highest BCUT2D eigenvalue weighted by molar-refractivity contribution is 5.96. The van der Waals surface area contributed by atoms with E-state index < -0.39 is 0 Å². The molecule has 0 fully saturated rings. The van der Waals surface area contributed by atoms with E-state index in [1.807, 2.05) is 30.3 Å². The van der Waals surface area contributed by atoms with Crippen LogP contribution in [0.3, 0.4) is 0 Å². The predicted molar refractivity (Wildman–Crippen MR) is 62.9 cm³/mol. The fraction of sp³-hybridized carbons (Fsp3) is 0.462. The lowest BCUT2D eigenvalue weighted by Crippen LogP contribution is -3.00. The summed E-state index contributed by atoms with van der Waals surface area (Å²) in [5.41, 5.74) is 0.823. The minimum atomic E-state index is 0. The van der Waals surface area contributed by atoms with Gasteiger partial charge in [0, 0.05) is 5.56 Å². The molecule has 0 amide bonds. The van der Waals surface area contributed by atoms with Crippen LogP contribution >= 0.6 is 0 Å². The van der Waals surface area contributed by atoms with Gasteiger partial charge < -0.3 is 28.5 Å². The second kappa shape index (κ2) is 7.01. The Balaban J connectivity index is 0.00000225. The summed E-state index contributed by atoms with van der Waals surface area (Å²) in [5.74, 6) is 0.238. The zero-order chi connectivity index (χ0) is 11.3. The van der Waals surface area contributed by atoms with Gasteiger partial charge in [0.15, 0.2) is 0 Å². The predicted octanol–water partition coefficient (Wildman–Crippen LogP) is -0.640. The summed E-state index contributed by atoms with van der Waals surface area (Å²) in [4.78, 5) is 12.0. The van der Waals surface area contributed by atoms with Crippen molar-refractivity contribution in [1.29, 1.82) is 0 Å². The molecule has 0 saturated carbocycles. The molecule has 0 aliphatic heterocycles. The number of hydrogen-bond donors (Lipinski definition) is 0. The minimum Gasteiger partial charge on any atom is -1.00 e. The summed E-state index contributed by atoms with van der Waals surface area (Å²) < 4.78 is 0.813. The van der Waals surface area contributed by atoms with Crippen LogP contribution in [-0.4, -0.2) is 36.9 Å². The first-order valence-electron chi connectivity index (χ1n) is 5.53. The molecule has 0 aliphatic carbocycles. The normalized spacial score (nSPS) is 10.7. The van der Waals surface area contributed by atoms with E-state index in [4.69, 9.17) is 0 Å². The van der Waals surface area contributed by atoms with Gasteiger partial charge in [0.25, 0.3) is 0 Å². The quantitative estimate of drug-likeness (QED) is 0.398. The van der Waals surface area contributed by atoms with Crippen molar-refractivity contribution in [3.63, 3.8) is 0 Å². The highest BCUT2D eigenvalue weighted by atomic mass is 127. The van der Waals surface area contributed by atoms with Gasteiger partial charge in [-0.05, 0) is 13.8 Å². The first kappa shape index (κ1) is 15.6. The number of halogens is 1. The number of ketones is 1. The molecule has 3 heteroatoms. The van der Waals surface area contributed by atoms with E-state index in [1.54, 1.807) is 0 Å². The second-order valence-electron chi connectivity index (χ2n) is 4.20. The van der Waals surface area contributed by atoms with Gasteiger partial charge >= 0.3 is 0 Å². The molecule has 0 saturated heterocycles. The third-order valence-corrected chi connectivity index (χ3v) is 3.15. The Kier molecular flexibility index (Phi) is 6.83. The standard InChI is InChI=1S/C13H20NO.HI/c1-4-14(3,5-2)11-13(15)12-9-7-6-8-10-12;/h6-10H,4-5,11H2,1-3H3;1H/q+1;/p-1. The molecule has 90 valence electrons. The highest BCUT2D eigenvalue weighted by Gasteiger charge is 2.21. The molecule has 0 unspecified atom stereocenters. The van der Waals surface area contributed by atoms with Gasteiger partial charge in [0.2, 0.25) is 5.78 Å². The van der Waals surface area contributed by atoms with Crippen molar-refractivity contribution in [2.75, 3.05) is 26.7 Å². The van der Waals surface area contributed by atoms with Crippen LogP contribution in [0.1, 0.15) is 24.2 Å². The lowest BCUT2D eigenvalue weighted by molar-refractivity contribution is -0.897. The Bertz CT molecular complexity index is 320. The van der Waals surface area contributed by atoms with Crippen LogP contribution in [-0.2, 0) is 0 Å². The van der Waals surface area contributed by atoms with Gasteiger partial charge in [-0.1, -0.05) is 30.3 Å². The molecule has 0 aliphatic rings. The van der Waals surface area contributed by atoms with Crippen LogP contribution in [0.25, 0.3) is 0 Å². The van der Waals surface area contributed by atoms with E-state index in [0.29, 0.717) is 6.54 Å². The lowest BCUT2D eigenvalue weighted by atomic mass is 10.1. The summed E-state index contributed by atoms with van der Waals surface area (Å²) in [6.45, 7) is 6.84. The van der Waals surface area contributed by atoms with Crippen LogP contribution < -0.4 is 24.0 Å². The van der Waals surface area contributed by atoms with Crippen molar-refractivity contribution in [3.05, 3.63) is 35.9 Å². The average molecular weight is 333 g/mol. The third-order valence-electron chi connectivity index (χ3n) is 3.15. The van der Waals surface area contributed by atoms with Crippen LogP contribution in [0.15, 0.2) is 30.3 Å². The Hall–Kier alpha value is -0.420. The van der Waals surface area contributed by atoms with Gasteiger partial charge in [0.05, 0.1) is 20.1 Å². The molecule has 1 aromatic carbocycles. The largest absolute Gasteiger partial charge is 1.00 e. The highest BCUT2D eigenvalue weighted by Crippen LogP contribution is 2.06. The number of Topliss-reactive ketones (excluding diaryl/α,β-unsaturated/α-hetero) is 1. The summed E-state index contributed by atoms with van der Waals surface area (Å²) in [7, 11) is 2.13. The molecule has 0 radical (unpaired) electrons. The van der Waals surface area contributed by atoms with E-state index in [2.05, 4.69) is 20.9 Å². The van der Waals surface area contributed by atoms with Crippen molar-refractivity contribution in [2.45, 2.75) is 13.8 Å². The number of likely N-dealkylation sites (N-methyl/N-ethyl adjacent to an activating group) is 1. The Morgan fingerprint density at radius 2 is 1.62 bits per heavy atom. The first-order chi connectivity index (χ1) is 7.11. The Morgan fingerprint density at radius 1 is 1.12 bits per heavy atom. The first-order valence-corrected chi connectivity index (χ1v) is 5.53. The maximum Gasteiger partial charge on any atom is 0.216 e. The van der Waals surface area contributed by atoms with Gasteiger partial charge in [-0.3, -0.25) is 4.79 Å². The molecular weight excluding hydrogens is 313 g/mol. The molecule has 0 atom stereocenters. The molecule has 1 rings (SSSR count). The molecule has 2 nitrogen and oxygen atoms in total. The fourth-order valence-electron chi connectivity index (χ4n) is 1.51. The minimum absolute atomic E-state index is 0. The summed E-state index contributed by atoms with van der Waals surface area (Å²) in [6.07, 6.45) is 0. The number of nitrogens with zero attached hydrogens (tertiary/aromatic N) is 1. The van der Waals surface area contributed by atoms with Crippen LogP contribution in [0.4, 0.5) is 0 Å². The van der Waals surface area contributed by atoms with Crippen molar-refractivity contribution in [3.8, 4) is 0 Å². The molecule has 1 aromatic rings. The molecule has 0 aromatic heterocycles. The third kappa shape index (κ3) is 4.22. The van der Waals surface area contributed by atoms with Crippen LogP contribution in [0.2, 0.25) is 0 Å². The zero-order valence-electron chi connectivity index (χ0n) is 10.2. The SMILES string of the molecule is CC[N+](C)(CC)CC(=O)c1ccccc1.[I-]. The smallest absolute Gasteiger partial charge is 0.216 e. The number of rotatable bonds is 5. The molecule has 0 spiro atoms. The maximum atomic E-state index is 12.0. The van der Waals surface area contributed by atoms with E-state index in [9.17, 15) is 4.79 Å². The van der Waals surface area contributed by atoms with Crippen molar-refractivity contribution in [1.82, 2.24) is 0 Å². The van der Waals surface area contributed by atoms with Gasteiger partial charge in [-0.25, -0.2) is 0 Å². The molecule has 16 heavy (non-hydrogen) atoms. The summed E-state index contributed by atoms with van der Waals surface area (Å²) in [5, 5.41) is 0. The fourth-order valence-corrected chi connectivity index (χ4v) is 1.51. The van der Waals surface area contributed by atoms with E-state index in [1.165, 1.54) is 0 Å². The van der Waals surface area contributed by atoms with Gasteiger partial charge in [-0.15, -0.1) is 0 Å². The average Bonchev–Trinajstić information content (AvgIpc) is 2.30. The van der Waals surface area contributed by atoms with E-state index in [0.717, 1.165) is 23.1 Å². The van der Waals surface area contributed by atoms with Gasteiger partial charge in [0.1, 0.15) is 6.54 Å².